The van der Waals surface area contributed by atoms with E-state index in [9.17, 15) is 4.79 Å². The van der Waals surface area contributed by atoms with Crippen LogP contribution in [0.5, 0.6) is 5.75 Å². The highest BCUT2D eigenvalue weighted by molar-refractivity contribution is 6.50. The molecule has 1 aromatic carbocycles. The van der Waals surface area contributed by atoms with Gasteiger partial charge in [-0.3, -0.25) is 4.79 Å². The van der Waals surface area contributed by atoms with Crippen molar-refractivity contribution in [2.75, 3.05) is 7.11 Å². The van der Waals surface area contributed by atoms with Crippen molar-refractivity contribution in [3.05, 3.63) is 35.4 Å². The summed E-state index contributed by atoms with van der Waals surface area (Å²) in [6.45, 7) is 1.90. The SMILES string of the molecule is CCC(C=O)=C(Cl)c1ccc(OC)cc1. The summed E-state index contributed by atoms with van der Waals surface area (Å²) < 4.78 is 5.03. The first-order valence-electron chi connectivity index (χ1n) is 4.71. The van der Waals surface area contributed by atoms with Crippen LogP contribution in [-0.4, -0.2) is 13.4 Å². The molecule has 0 amide bonds. The van der Waals surface area contributed by atoms with Gasteiger partial charge in [0, 0.05) is 5.57 Å². The average molecular weight is 225 g/mol. The Morgan fingerprint density at radius 1 is 1.40 bits per heavy atom. The van der Waals surface area contributed by atoms with Gasteiger partial charge in [0.15, 0.2) is 0 Å². The fourth-order valence-corrected chi connectivity index (χ4v) is 1.52. The summed E-state index contributed by atoms with van der Waals surface area (Å²) in [7, 11) is 1.61. The molecule has 1 aromatic rings. The summed E-state index contributed by atoms with van der Waals surface area (Å²) >= 11 is 6.08. The van der Waals surface area contributed by atoms with Crippen LogP contribution in [0.15, 0.2) is 29.8 Å². The molecule has 0 aromatic heterocycles. The quantitative estimate of drug-likeness (QED) is 0.580. The van der Waals surface area contributed by atoms with Gasteiger partial charge in [0.1, 0.15) is 12.0 Å². The number of hydrogen-bond donors (Lipinski definition) is 0. The van der Waals surface area contributed by atoms with Gasteiger partial charge < -0.3 is 4.74 Å². The first kappa shape index (κ1) is 11.8. The minimum Gasteiger partial charge on any atom is -0.497 e. The highest BCUT2D eigenvalue weighted by Crippen LogP contribution is 2.25. The number of hydrogen-bond acceptors (Lipinski definition) is 2. The zero-order valence-corrected chi connectivity index (χ0v) is 9.54. The minimum absolute atomic E-state index is 0.509. The molecule has 0 atom stereocenters. The number of methoxy groups -OCH3 is 1. The van der Waals surface area contributed by atoms with Crippen LogP contribution in [0.25, 0.3) is 5.03 Å². The normalized spacial score (nSPS) is 11.9. The van der Waals surface area contributed by atoms with E-state index < -0.39 is 0 Å². The lowest BCUT2D eigenvalue weighted by atomic mass is 10.1. The van der Waals surface area contributed by atoms with Crippen LogP contribution in [-0.2, 0) is 4.79 Å². The Hall–Kier alpha value is -1.28. The summed E-state index contributed by atoms with van der Waals surface area (Å²) in [5.41, 5.74) is 1.45. The van der Waals surface area contributed by atoms with Crippen LogP contribution in [0, 0.1) is 0 Å². The summed E-state index contributed by atoms with van der Waals surface area (Å²) in [6, 6.07) is 7.30. The van der Waals surface area contributed by atoms with Crippen LogP contribution < -0.4 is 4.74 Å². The van der Waals surface area contributed by atoms with Gasteiger partial charge in [0.05, 0.1) is 12.1 Å². The predicted molar refractivity (Wildman–Crippen MR) is 62.1 cm³/mol. The molecule has 0 aliphatic rings. The maximum Gasteiger partial charge on any atom is 0.147 e. The zero-order valence-electron chi connectivity index (χ0n) is 8.79. The number of aldehydes is 1. The second-order valence-electron chi connectivity index (χ2n) is 3.04. The molecule has 1 rings (SSSR count). The van der Waals surface area contributed by atoms with E-state index in [0.717, 1.165) is 17.6 Å². The molecule has 15 heavy (non-hydrogen) atoms. The molecule has 0 saturated carbocycles. The third-order valence-corrected chi connectivity index (χ3v) is 2.61. The number of ether oxygens (including phenoxy) is 1. The third-order valence-electron chi connectivity index (χ3n) is 2.15. The van der Waals surface area contributed by atoms with E-state index in [1.165, 1.54) is 0 Å². The van der Waals surface area contributed by atoms with Crippen LogP contribution in [0.1, 0.15) is 18.9 Å². The first-order chi connectivity index (χ1) is 7.22. The van der Waals surface area contributed by atoms with Gasteiger partial charge >= 0.3 is 0 Å². The monoisotopic (exact) mass is 224 g/mol. The fraction of sp³-hybridized carbons (Fsp3) is 0.250. The van der Waals surface area contributed by atoms with Crippen molar-refractivity contribution in [2.24, 2.45) is 0 Å². The largest absolute Gasteiger partial charge is 0.497 e. The number of carbonyl (C=O) groups excluding carboxylic acids is 1. The predicted octanol–water partition coefficient (Wildman–Crippen LogP) is 3.25. The molecule has 80 valence electrons. The fourth-order valence-electron chi connectivity index (χ4n) is 1.21. The molecule has 0 aliphatic heterocycles. The topological polar surface area (TPSA) is 26.3 Å². The Labute approximate surface area is 94.5 Å². The van der Waals surface area contributed by atoms with Crippen LogP contribution >= 0.6 is 11.6 Å². The molecular formula is C12H13ClO2. The zero-order chi connectivity index (χ0) is 11.3. The Morgan fingerprint density at radius 2 is 2.00 bits per heavy atom. The van der Waals surface area contributed by atoms with Crippen molar-refractivity contribution < 1.29 is 9.53 Å². The van der Waals surface area contributed by atoms with E-state index in [2.05, 4.69) is 0 Å². The van der Waals surface area contributed by atoms with Gasteiger partial charge in [0.25, 0.3) is 0 Å². The van der Waals surface area contributed by atoms with Crippen molar-refractivity contribution >= 4 is 22.9 Å². The molecule has 0 bridgehead atoms. The van der Waals surface area contributed by atoms with Crippen molar-refractivity contribution in [1.29, 1.82) is 0 Å². The maximum atomic E-state index is 10.7. The summed E-state index contributed by atoms with van der Waals surface area (Å²) in [5.74, 6) is 0.771. The Kier molecular flexibility index (Phi) is 4.37. The van der Waals surface area contributed by atoms with E-state index in [1.807, 2.05) is 31.2 Å². The minimum atomic E-state index is 0.509. The van der Waals surface area contributed by atoms with E-state index in [0.29, 0.717) is 17.0 Å². The molecule has 0 unspecified atom stereocenters. The summed E-state index contributed by atoms with van der Waals surface area (Å²) in [6.07, 6.45) is 1.43. The number of rotatable bonds is 4. The maximum absolute atomic E-state index is 10.7. The first-order valence-corrected chi connectivity index (χ1v) is 5.09. The summed E-state index contributed by atoms with van der Waals surface area (Å²) in [5, 5.41) is 0.509. The molecule has 0 saturated heterocycles. The van der Waals surface area contributed by atoms with Gasteiger partial charge in [-0.25, -0.2) is 0 Å². The average Bonchev–Trinajstić information content (AvgIpc) is 2.30. The van der Waals surface area contributed by atoms with Crippen molar-refractivity contribution in [2.45, 2.75) is 13.3 Å². The van der Waals surface area contributed by atoms with Gasteiger partial charge in [-0.2, -0.15) is 0 Å². The highest BCUT2D eigenvalue weighted by Gasteiger charge is 2.04. The standard InChI is InChI=1S/C12H13ClO2/c1-3-9(8-14)12(13)10-4-6-11(15-2)7-5-10/h4-8H,3H2,1-2H3. The van der Waals surface area contributed by atoms with Crippen LogP contribution in [0.3, 0.4) is 0 Å². The van der Waals surface area contributed by atoms with E-state index in [-0.39, 0.29) is 0 Å². The highest BCUT2D eigenvalue weighted by atomic mass is 35.5. The Morgan fingerprint density at radius 3 is 2.40 bits per heavy atom. The molecule has 0 spiro atoms. The molecule has 3 heteroatoms. The van der Waals surface area contributed by atoms with Gasteiger partial charge in [-0.05, 0) is 36.2 Å². The van der Waals surface area contributed by atoms with E-state index >= 15 is 0 Å². The molecule has 0 N–H and O–H groups in total. The summed E-state index contributed by atoms with van der Waals surface area (Å²) in [4.78, 5) is 10.7. The van der Waals surface area contributed by atoms with Gasteiger partial charge in [-0.1, -0.05) is 18.5 Å². The second-order valence-corrected chi connectivity index (χ2v) is 3.42. The van der Waals surface area contributed by atoms with E-state index in [4.69, 9.17) is 16.3 Å². The smallest absolute Gasteiger partial charge is 0.147 e. The third kappa shape index (κ3) is 2.83. The Balaban J connectivity index is 3.05. The van der Waals surface area contributed by atoms with Crippen LogP contribution in [0.4, 0.5) is 0 Å². The van der Waals surface area contributed by atoms with E-state index in [1.54, 1.807) is 7.11 Å². The molecule has 0 aliphatic carbocycles. The second kappa shape index (κ2) is 5.56. The lowest BCUT2D eigenvalue weighted by Gasteiger charge is -2.04. The molecule has 0 radical (unpaired) electrons. The number of halogens is 1. The molecule has 0 heterocycles. The number of allylic oxidation sites excluding steroid dienone is 1. The lowest BCUT2D eigenvalue weighted by Crippen LogP contribution is -1.88. The molecule has 2 nitrogen and oxygen atoms in total. The van der Waals surface area contributed by atoms with Crippen molar-refractivity contribution in [1.82, 2.24) is 0 Å². The van der Waals surface area contributed by atoms with Crippen LogP contribution in [0.2, 0.25) is 0 Å². The number of carbonyl (C=O) groups is 1. The van der Waals surface area contributed by atoms with Gasteiger partial charge in [0.2, 0.25) is 0 Å². The molecular weight excluding hydrogens is 212 g/mol. The number of benzene rings is 1. The van der Waals surface area contributed by atoms with Crippen molar-refractivity contribution in [3.8, 4) is 5.75 Å². The molecule has 0 fully saturated rings. The van der Waals surface area contributed by atoms with Crippen molar-refractivity contribution in [3.63, 3.8) is 0 Å². The van der Waals surface area contributed by atoms with Gasteiger partial charge in [-0.15, -0.1) is 0 Å². The lowest BCUT2D eigenvalue weighted by molar-refractivity contribution is -0.104. The Bertz CT molecular complexity index is 366.